The normalized spacial score (nSPS) is 12.2. The lowest BCUT2D eigenvalue weighted by atomic mass is 10.2. The third-order valence-corrected chi connectivity index (χ3v) is 3.16. The van der Waals surface area contributed by atoms with Crippen molar-refractivity contribution in [2.45, 2.75) is 33.2 Å². The molecule has 1 atom stereocenters. The molecule has 0 saturated heterocycles. The lowest BCUT2D eigenvalue weighted by Gasteiger charge is -2.22. The molecule has 0 fully saturated rings. The zero-order valence-corrected chi connectivity index (χ0v) is 12.1. The van der Waals surface area contributed by atoms with Crippen molar-refractivity contribution in [2.75, 3.05) is 37.0 Å². The fourth-order valence-electron chi connectivity index (χ4n) is 2.01. The molecule has 0 heterocycles. The molecule has 0 aliphatic heterocycles. The Balaban J connectivity index is 2.54. The molecule has 18 heavy (non-hydrogen) atoms. The minimum atomic E-state index is 0.434. The van der Waals surface area contributed by atoms with Gasteiger partial charge >= 0.3 is 0 Å². The van der Waals surface area contributed by atoms with Crippen molar-refractivity contribution in [3.63, 3.8) is 0 Å². The Morgan fingerprint density at radius 2 is 1.78 bits per heavy atom. The molecule has 0 radical (unpaired) electrons. The van der Waals surface area contributed by atoms with Gasteiger partial charge in [0.15, 0.2) is 0 Å². The molecular formula is C15H26N2O. The first-order valence-corrected chi connectivity index (χ1v) is 6.81. The predicted octanol–water partition coefficient (Wildman–Crippen LogP) is 3.37. The summed E-state index contributed by atoms with van der Waals surface area (Å²) in [6.45, 7) is 9.44. The highest BCUT2D eigenvalue weighted by Gasteiger charge is 2.03. The lowest BCUT2D eigenvalue weighted by Crippen LogP contribution is -2.21. The van der Waals surface area contributed by atoms with Gasteiger partial charge in [-0.1, -0.05) is 0 Å². The van der Waals surface area contributed by atoms with E-state index in [9.17, 15) is 0 Å². The van der Waals surface area contributed by atoms with E-state index in [2.05, 4.69) is 55.3 Å². The summed E-state index contributed by atoms with van der Waals surface area (Å²) >= 11 is 0. The van der Waals surface area contributed by atoms with Gasteiger partial charge in [-0.15, -0.1) is 0 Å². The number of rotatable bonds is 8. The maximum Gasteiger partial charge on any atom is 0.0481 e. The van der Waals surface area contributed by atoms with Crippen molar-refractivity contribution in [1.29, 1.82) is 0 Å². The minimum absolute atomic E-state index is 0.434. The van der Waals surface area contributed by atoms with Gasteiger partial charge < -0.3 is 15.0 Å². The monoisotopic (exact) mass is 250 g/mol. The van der Waals surface area contributed by atoms with E-state index in [1.54, 1.807) is 7.11 Å². The van der Waals surface area contributed by atoms with E-state index in [4.69, 9.17) is 4.74 Å². The number of nitrogens with one attached hydrogen (secondary N) is 1. The summed E-state index contributed by atoms with van der Waals surface area (Å²) in [5.41, 5.74) is 2.46. The number of methoxy groups -OCH3 is 1. The summed E-state index contributed by atoms with van der Waals surface area (Å²) in [6, 6.07) is 9.09. The Hall–Kier alpha value is -1.22. The molecule has 1 rings (SSSR count). The zero-order valence-electron chi connectivity index (χ0n) is 12.1. The number of nitrogens with zero attached hydrogens (tertiary/aromatic N) is 1. The summed E-state index contributed by atoms with van der Waals surface area (Å²) in [7, 11) is 1.74. The second kappa shape index (κ2) is 7.98. The van der Waals surface area contributed by atoms with E-state index < -0.39 is 0 Å². The summed E-state index contributed by atoms with van der Waals surface area (Å²) in [5.74, 6) is 0. The van der Waals surface area contributed by atoms with Crippen LogP contribution in [0.15, 0.2) is 24.3 Å². The molecule has 0 amide bonds. The third-order valence-electron chi connectivity index (χ3n) is 3.16. The first kappa shape index (κ1) is 14.8. The molecule has 102 valence electrons. The lowest BCUT2D eigenvalue weighted by molar-refractivity contribution is 0.191. The van der Waals surface area contributed by atoms with E-state index in [1.807, 2.05) is 0 Å². The van der Waals surface area contributed by atoms with Crippen LogP contribution in [-0.2, 0) is 4.74 Å². The maximum atomic E-state index is 5.08. The molecule has 0 saturated carbocycles. The smallest absolute Gasteiger partial charge is 0.0481 e. The highest BCUT2D eigenvalue weighted by molar-refractivity contribution is 5.55. The Kier molecular flexibility index (Phi) is 6.58. The molecule has 1 N–H and O–H groups in total. The summed E-state index contributed by atoms with van der Waals surface area (Å²) in [6.07, 6.45) is 1.02. The average Bonchev–Trinajstić information content (AvgIpc) is 2.40. The molecule has 1 aromatic carbocycles. The summed E-state index contributed by atoms with van der Waals surface area (Å²) in [4.78, 5) is 2.35. The number of hydrogen-bond donors (Lipinski definition) is 1. The predicted molar refractivity (Wildman–Crippen MR) is 79.6 cm³/mol. The van der Waals surface area contributed by atoms with Crippen LogP contribution in [0, 0.1) is 0 Å². The van der Waals surface area contributed by atoms with Crippen molar-refractivity contribution in [3.8, 4) is 0 Å². The van der Waals surface area contributed by atoms with Crippen molar-refractivity contribution in [3.05, 3.63) is 24.3 Å². The highest BCUT2D eigenvalue weighted by Crippen LogP contribution is 2.18. The first-order valence-electron chi connectivity index (χ1n) is 6.81. The van der Waals surface area contributed by atoms with E-state index in [0.29, 0.717) is 6.04 Å². The van der Waals surface area contributed by atoms with Gasteiger partial charge in [-0.2, -0.15) is 0 Å². The number of benzene rings is 1. The fraction of sp³-hybridized carbons (Fsp3) is 0.600. The second-order valence-corrected chi connectivity index (χ2v) is 4.55. The third kappa shape index (κ3) is 4.57. The van der Waals surface area contributed by atoms with E-state index >= 15 is 0 Å². The molecule has 3 heteroatoms. The van der Waals surface area contributed by atoms with Crippen molar-refractivity contribution in [1.82, 2.24) is 0 Å². The molecular weight excluding hydrogens is 224 g/mol. The van der Waals surface area contributed by atoms with Crippen molar-refractivity contribution in [2.24, 2.45) is 0 Å². The van der Waals surface area contributed by atoms with Crippen LogP contribution in [0.2, 0.25) is 0 Å². The van der Waals surface area contributed by atoms with Crippen LogP contribution in [0.1, 0.15) is 27.2 Å². The highest BCUT2D eigenvalue weighted by atomic mass is 16.5. The van der Waals surface area contributed by atoms with Crippen LogP contribution in [0.5, 0.6) is 0 Å². The van der Waals surface area contributed by atoms with Crippen LogP contribution in [0.25, 0.3) is 0 Å². The van der Waals surface area contributed by atoms with Crippen molar-refractivity contribution < 1.29 is 4.74 Å². The van der Waals surface area contributed by atoms with Gasteiger partial charge in [-0.25, -0.2) is 0 Å². The van der Waals surface area contributed by atoms with Crippen LogP contribution in [-0.4, -0.2) is 32.8 Å². The van der Waals surface area contributed by atoms with E-state index in [1.165, 1.54) is 11.4 Å². The number of hydrogen-bond acceptors (Lipinski definition) is 3. The molecule has 1 aromatic rings. The minimum Gasteiger partial charge on any atom is -0.385 e. The molecule has 3 nitrogen and oxygen atoms in total. The van der Waals surface area contributed by atoms with Gasteiger partial charge in [0, 0.05) is 44.2 Å². The van der Waals surface area contributed by atoms with Crippen LogP contribution < -0.4 is 10.2 Å². The van der Waals surface area contributed by atoms with Gasteiger partial charge in [0.2, 0.25) is 0 Å². The van der Waals surface area contributed by atoms with Gasteiger partial charge in [0.1, 0.15) is 0 Å². The molecule has 1 unspecified atom stereocenters. The van der Waals surface area contributed by atoms with Crippen LogP contribution in [0.4, 0.5) is 11.4 Å². The van der Waals surface area contributed by atoms with Gasteiger partial charge in [0.05, 0.1) is 0 Å². The Morgan fingerprint density at radius 3 is 2.28 bits per heavy atom. The topological polar surface area (TPSA) is 24.5 Å². The Bertz CT molecular complexity index is 320. The van der Waals surface area contributed by atoms with Crippen LogP contribution >= 0.6 is 0 Å². The largest absolute Gasteiger partial charge is 0.385 e. The molecule has 0 spiro atoms. The standard InChI is InChI=1S/C15H26N2O/c1-5-17(6-2)15-9-7-14(8-10-15)16-13(3)11-12-18-4/h7-10,13,16H,5-6,11-12H2,1-4H3. The quantitative estimate of drug-likeness (QED) is 0.765. The van der Waals surface area contributed by atoms with E-state index in [-0.39, 0.29) is 0 Å². The fourth-order valence-corrected chi connectivity index (χ4v) is 2.01. The van der Waals surface area contributed by atoms with Gasteiger partial charge in [-0.05, 0) is 51.5 Å². The summed E-state index contributed by atoms with van der Waals surface area (Å²) < 4.78 is 5.08. The van der Waals surface area contributed by atoms with Crippen LogP contribution in [0.3, 0.4) is 0 Å². The Morgan fingerprint density at radius 1 is 1.17 bits per heavy atom. The molecule has 0 aliphatic rings. The summed E-state index contributed by atoms with van der Waals surface area (Å²) in [5, 5.41) is 3.48. The average molecular weight is 250 g/mol. The Labute approximate surface area is 111 Å². The zero-order chi connectivity index (χ0) is 13.4. The molecule has 0 aliphatic carbocycles. The SMILES string of the molecule is CCN(CC)c1ccc(NC(C)CCOC)cc1. The number of ether oxygens (including phenoxy) is 1. The first-order chi connectivity index (χ1) is 8.71. The number of anilines is 2. The van der Waals surface area contributed by atoms with Gasteiger partial charge in [0.25, 0.3) is 0 Å². The molecule has 0 aromatic heterocycles. The van der Waals surface area contributed by atoms with Gasteiger partial charge in [-0.3, -0.25) is 0 Å². The van der Waals surface area contributed by atoms with E-state index in [0.717, 1.165) is 26.1 Å². The van der Waals surface area contributed by atoms with Crippen molar-refractivity contribution >= 4 is 11.4 Å². The molecule has 0 bridgehead atoms. The maximum absolute atomic E-state index is 5.08. The second-order valence-electron chi connectivity index (χ2n) is 4.55.